The van der Waals surface area contributed by atoms with E-state index in [4.69, 9.17) is 28.8 Å². The largest absolute Gasteiger partial charge is 0.370 e. The van der Waals surface area contributed by atoms with Gasteiger partial charge in [0.15, 0.2) is 5.11 Å². The van der Waals surface area contributed by atoms with E-state index in [9.17, 15) is 0 Å². The first-order chi connectivity index (χ1) is 19.8. The minimum absolute atomic E-state index is 0.0910. The molecule has 2 aliphatic rings. The van der Waals surface area contributed by atoms with Crippen molar-refractivity contribution < 1.29 is 0 Å². The van der Waals surface area contributed by atoms with Crippen LogP contribution >= 0.6 is 23.8 Å². The third-order valence-corrected chi connectivity index (χ3v) is 9.16. The van der Waals surface area contributed by atoms with Crippen LogP contribution in [0.5, 0.6) is 0 Å². The third-order valence-electron chi connectivity index (χ3n) is 8.54. The zero-order chi connectivity index (χ0) is 28.7. The molecule has 0 aliphatic carbocycles. The van der Waals surface area contributed by atoms with Crippen LogP contribution in [0.25, 0.3) is 0 Å². The molecular weight excluding hydrogens is 548 g/mol. The molecule has 3 aromatic heterocycles. The monoisotopic (exact) mass is 584 g/mol. The lowest BCUT2D eigenvalue weighted by atomic mass is 9.91. The molecule has 0 unspecified atom stereocenters. The normalized spacial score (nSPS) is 22.7. The molecule has 0 spiro atoms. The van der Waals surface area contributed by atoms with Crippen LogP contribution in [-0.4, -0.2) is 32.7 Å². The van der Waals surface area contributed by atoms with E-state index < -0.39 is 0 Å². The summed E-state index contributed by atoms with van der Waals surface area (Å²) in [6.45, 7) is 11.9. The van der Waals surface area contributed by atoms with E-state index in [1.165, 1.54) is 28.9 Å². The Bertz CT molecular complexity index is 1530. The molecule has 6 nitrogen and oxygen atoms in total. The standard InChI is InChI=1S/C33H37ClN6S/c1-21-15-22(2)19-38(18-21)30-9-8-26(17-28(30)34)40-32(31(37-33(40)41)29-7-5-6-12-36-29)27-16-23(3)39(24(27)4)20-25-10-13-35-14-11-25/h5-14,16-17,21-22,31-32H,15,18-20H2,1-4H3,(H,37,41)/t21-,22+,31-,32+/m1/s1. The van der Waals surface area contributed by atoms with E-state index in [2.05, 4.69) is 94.8 Å². The SMILES string of the molecule is Cc1cc([C@H]2[C@@H](c3ccccn3)NC(=S)N2c2ccc(N3C[C@H](C)C[C@H](C)C3)c(Cl)c2)c(C)n1Cc1ccncc1. The van der Waals surface area contributed by atoms with Crippen molar-refractivity contribution in [2.24, 2.45) is 11.8 Å². The molecule has 1 N–H and O–H groups in total. The molecule has 0 bridgehead atoms. The first kappa shape index (κ1) is 27.7. The van der Waals surface area contributed by atoms with E-state index in [1.807, 2.05) is 30.7 Å². The van der Waals surface area contributed by atoms with Crippen molar-refractivity contribution >= 4 is 40.3 Å². The summed E-state index contributed by atoms with van der Waals surface area (Å²) in [6.07, 6.45) is 6.80. The zero-order valence-corrected chi connectivity index (χ0v) is 25.7. The Hall–Kier alpha value is -3.42. The van der Waals surface area contributed by atoms with Crippen molar-refractivity contribution in [3.63, 3.8) is 0 Å². The number of thiocarbonyl (C=S) groups is 1. The summed E-state index contributed by atoms with van der Waals surface area (Å²) < 4.78 is 2.37. The van der Waals surface area contributed by atoms with Crippen molar-refractivity contribution in [2.75, 3.05) is 22.9 Å². The summed E-state index contributed by atoms with van der Waals surface area (Å²) in [5, 5.41) is 5.04. The molecule has 1 aromatic carbocycles. The summed E-state index contributed by atoms with van der Waals surface area (Å²) >= 11 is 13.0. The third kappa shape index (κ3) is 5.45. The van der Waals surface area contributed by atoms with Crippen molar-refractivity contribution in [3.05, 3.63) is 106 Å². The second-order valence-corrected chi connectivity index (χ2v) is 12.5. The van der Waals surface area contributed by atoms with E-state index in [1.54, 1.807) is 0 Å². The Kier molecular flexibility index (Phi) is 7.75. The van der Waals surface area contributed by atoms with Gasteiger partial charge in [0.25, 0.3) is 0 Å². The van der Waals surface area contributed by atoms with Crippen molar-refractivity contribution in [3.8, 4) is 0 Å². The fourth-order valence-corrected chi connectivity index (χ4v) is 7.39. The van der Waals surface area contributed by atoms with Crippen molar-refractivity contribution in [2.45, 2.75) is 52.7 Å². The van der Waals surface area contributed by atoms with Gasteiger partial charge in [-0.3, -0.25) is 9.97 Å². The number of aromatic nitrogens is 3. The highest BCUT2D eigenvalue weighted by Gasteiger charge is 2.42. The molecular formula is C33H37ClN6S. The van der Waals surface area contributed by atoms with Crippen molar-refractivity contribution in [1.82, 2.24) is 19.9 Å². The van der Waals surface area contributed by atoms with Crippen LogP contribution in [0.15, 0.2) is 73.2 Å². The molecule has 2 fully saturated rings. The summed E-state index contributed by atoms with van der Waals surface area (Å²) in [5.41, 5.74) is 7.89. The smallest absolute Gasteiger partial charge is 0.174 e. The van der Waals surface area contributed by atoms with E-state index in [-0.39, 0.29) is 12.1 Å². The van der Waals surface area contributed by atoms with Gasteiger partial charge in [-0.15, -0.1) is 0 Å². The number of nitrogens with zero attached hydrogens (tertiary/aromatic N) is 5. The maximum Gasteiger partial charge on any atom is 0.174 e. The molecule has 41 heavy (non-hydrogen) atoms. The minimum atomic E-state index is -0.110. The van der Waals surface area contributed by atoms with Gasteiger partial charge in [0, 0.05) is 55.3 Å². The van der Waals surface area contributed by atoms with Crippen LogP contribution in [0, 0.1) is 25.7 Å². The number of aryl methyl sites for hydroxylation is 1. The zero-order valence-electron chi connectivity index (χ0n) is 24.1. The molecule has 5 heterocycles. The van der Waals surface area contributed by atoms with Gasteiger partial charge in [-0.1, -0.05) is 31.5 Å². The molecule has 6 rings (SSSR count). The maximum absolute atomic E-state index is 7.03. The maximum atomic E-state index is 7.03. The highest BCUT2D eigenvalue weighted by atomic mass is 35.5. The fraction of sp³-hybridized carbons (Fsp3) is 0.364. The van der Waals surface area contributed by atoms with Crippen molar-refractivity contribution in [1.29, 1.82) is 0 Å². The number of pyridine rings is 2. The lowest BCUT2D eigenvalue weighted by Crippen LogP contribution is -2.38. The van der Waals surface area contributed by atoms with Crippen LogP contribution in [0.3, 0.4) is 0 Å². The minimum Gasteiger partial charge on any atom is -0.370 e. The molecule has 212 valence electrons. The number of halogens is 1. The summed E-state index contributed by atoms with van der Waals surface area (Å²) in [7, 11) is 0. The first-order valence-electron chi connectivity index (χ1n) is 14.4. The Labute approximate surface area is 253 Å². The molecule has 0 amide bonds. The number of hydrogen-bond donors (Lipinski definition) is 1. The summed E-state index contributed by atoms with van der Waals surface area (Å²) in [4.78, 5) is 13.6. The van der Waals surface area contributed by atoms with Gasteiger partial charge < -0.3 is 19.7 Å². The molecule has 8 heteroatoms. The Morgan fingerprint density at radius 3 is 2.41 bits per heavy atom. The topological polar surface area (TPSA) is 49.2 Å². The molecule has 0 saturated carbocycles. The molecule has 4 atom stereocenters. The molecule has 2 saturated heterocycles. The van der Waals surface area contributed by atoms with Gasteiger partial charge in [0.1, 0.15) is 0 Å². The number of anilines is 2. The van der Waals surface area contributed by atoms with Crippen LogP contribution in [0.4, 0.5) is 11.4 Å². The predicted molar refractivity (Wildman–Crippen MR) is 172 cm³/mol. The fourth-order valence-electron chi connectivity index (χ4n) is 6.75. The molecule has 0 radical (unpaired) electrons. The number of nitrogens with one attached hydrogen (secondary N) is 1. The second-order valence-electron chi connectivity index (χ2n) is 11.8. The molecule has 4 aromatic rings. The summed E-state index contributed by atoms with van der Waals surface area (Å²) in [6, 6.07) is 18.7. The number of piperidine rings is 1. The van der Waals surface area contributed by atoms with Crippen LogP contribution in [-0.2, 0) is 6.54 Å². The Balaban J connectivity index is 1.40. The van der Waals surface area contributed by atoms with Gasteiger partial charge in [0.2, 0.25) is 0 Å². The highest BCUT2D eigenvalue weighted by molar-refractivity contribution is 7.80. The number of hydrogen-bond acceptors (Lipinski definition) is 4. The van der Waals surface area contributed by atoms with E-state index in [0.717, 1.165) is 41.7 Å². The van der Waals surface area contributed by atoms with E-state index >= 15 is 0 Å². The molecule has 2 aliphatic heterocycles. The average Bonchev–Trinajstić information content (AvgIpc) is 3.44. The van der Waals surface area contributed by atoms with Gasteiger partial charge in [0.05, 0.1) is 28.5 Å². The Morgan fingerprint density at radius 2 is 1.73 bits per heavy atom. The van der Waals surface area contributed by atoms with Gasteiger partial charge in [-0.2, -0.15) is 0 Å². The number of rotatable bonds is 6. The van der Waals surface area contributed by atoms with E-state index in [0.29, 0.717) is 16.9 Å². The highest BCUT2D eigenvalue weighted by Crippen LogP contribution is 2.45. The van der Waals surface area contributed by atoms with Gasteiger partial charge in [-0.05, 0) is 104 Å². The lowest BCUT2D eigenvalue weighted by molar-refractivity contribution is 0.357. The Morgan fingerprint density at radius 1 is 0.976 bits per heavy atom. The number of benzene rings is 1. The quantitative estimate of drug-likeness (QED) is 0.241. The van der Waals surface area contributed by atoms with Crippen LogP contribution < -0.4 is 15.1 Å². The van der Waals surface area contributed by atoms with Crippen LogP contribution in [0.2, 0.25) is 5.02 Å². The average molecular weight is 585 g/mol. The van der Waals surface area contributed by atoms with Gasteiger partial charge >= 0.3 is 0 Å². The first-order valence-corrected chi connectivity index (χ1v) is 15.2. The predicted octanol–water partition coefficient (Wildman–Crippen LogP) is 7.26. The lowest BCUT2D eigenvalue weighted by Gasteiger charge is -2.37. The summed E-state index contributed by atoms with van der Waals surface area (Å²) in [5.74, 6) is 1.30. The van der Waals surface area contributed by atoms with Crippen LogP contribution in [0.1, 0.15) is 60.6 Å². The second kappa shape index (κ2) is 11.5. The van der Waals surface area contributed by atoms with Gasteiger partial charge in [-0.25, -0.2) is 0 Å².